The number of benzene rings is 1. The molecule has 1 atom stereocenters. The van der Waals surface area contributed by atoms with E-state index in [1.165, 1.54) is 7.05 Å². The highest BCUT2D eigenvalue weighted by Gasteiger charge is 2.43. The first-order valence-corrected chi connectivity index (χ1v) is 8.56. The molecule has 2 heterocycles. The molecule has 0 spiro atoms. The first-order valence-electron chi connectivity index (χ1n) is 7.74. The van der Waals surface area contributed by atoms with Crippen molar-refractivity contribution in [2.24, 2.45) is 0 Å². The predicted octanol–water partition coefficient (Wildman–Crippen LogP) is 0.684. The Labute approximate surface area is 148 Å². The van der Waals surface area contributed by atoms with Gasteiger partial charge in [0.1, 0.15) is 0 Å². The van der Waals surface area contributed by atoms with Gasteiger partial charge in [-0.15, -0.1) is 10.2 Å². The first-order chi connectivity index (χ1) is 12.0. The van der Waals surface area contributed by atoms with Crippen molar-refractivity contribution in [3.63, 3.8) is 0 Å². The number of nitrogens with zero attached hydrogens (tertiary/aromatic N) is 2. The number of carbonyl (C=O) groups excluding carboxylic acids is 3. The summed E-state index contributed by atoms with van der Waals surface area (Å²) in [6.07, 6.45) is 0.664. The van der Waals surface area contributed by atoms with Gasteiger partial charge in [0.2, 0.25) is 22.0 Å². The molecule has 3 N–H and O–H groups in total. The number of carbonyl (C=O) groups is 3. The Morgan fingerprint density at radius 3 is 2.64 bits per heavy atom. The van der Waals surface area contributed by atoms with Gasteiger partial charge >= 0.3 is 0 Å². The van der Waals surface area contributed by atoms with Gasteiger partial charge in [-0.2, -0.15) is 0 Å². The van der Waals surface area contributed by atoms with Crippen molar-refractivity contribution in [1.82, 2.24) is 20.8 Å². The van der Waals surface area contributed by atoms with E-state index in [0.29, 0.717) is 6.42 Å². The summed E-state index contributed by atoms with van der Waals surface area (Å²) >= 11 is 0.999. The van der Waals surface area contributed by atoms with Crippen LogP contribution in [0.4, 0.5) is 5.13 Å². The number of aromatic nitrogens is 2. The van der Waals surface area contributed by atoms with Gasteiger partial charge in [-0.05, 0) is 12.0 Å². The summed E-state index contributed by atoms with van der Waals surface area (Å²) < 4.78 is 0. The molecule has 1 aromatic carbocycles. The van der Waals surface area contributed by atoms with Crippen molar-refractivity contribution in [3.05, 3.63) is 40.9 Å². The summed E-state index contributed by atoms with van der Waals surface area (Å²) in [7, 11) is 1.50. The Hall–Kier alpha value is -2.81. The number of rotatable bonds is 4. The van der Waals surface area contributed by atoms with Gasteiger partial charge in [-0.25, -0.2) is 0 Å². The van der Waals surface area contributed by atoms with Crippen LogP contribution < -0.4 is 16.0 Å². The lowest BCUT2D eigenvalue weighted by Crippen LogP contribution is -2.53. The van der Waals surface area contributed by atoms with Crippen molar-refractivity contribution in [2.75, 3.05) is 18.9 Å². The first kappa shape index (κ1) is 17.0. The molecular formula is C16H17N5O3S. The maximum absolute atomic E-state index is 13.0. The van der Waals surface area contributed by atoms with E-state index in [-0.39, 0.29) is 40.8 Å². The van der Waals surface area contributed by atoms with Gasteiger partial charge in [0.05, 0.1) is 5.41 Å². The summed E-state index contributed by atoms with van der Waals surface area (Å²) in [5, 5.41) is 16.0. The van der Waals surface area contributed by atoms with Gasteiger partial charge < -0.3 is 10.6 Å². The minimum Gasteiger partial charge on any atom is -0.355 e. The maximum atomic E-state index is 13.0. The molecule has 8 nitrogen and oxygen atoms in total. The second kappa shape index (κ2) is 6.98. The van der Waals surface area contributed by atoms with Gasteiger partial charge in [0, 0.05) is 20.0 Å². The highest BCUT2D eigenvalue weighted by Crippen LogP contribution is 2.33. The number of hydrogen-bond donors (Lipinski definition) is 3. The van der Waals surface area contributed by atoms with Crippen molar-refractivity contribution < 1.29 is 14.4 Å². The molecule has 130 valence electrons. The molecule has 1 unspecified atom stereocenters. The third-order valence-electron chi connectivity index (χ3n) is 4.19. The van der Waals surface area contributed by atoms with Crippen LogP contribution in [0.25, 0.3) is 0 Å². The molecule has 3 amide bonds. The summed E-state index contributed by atoms with van der Waals surface area (Å²) in [5.41, 5.74) is -0.0582. The molecule has 0 aliphatic carbocycles. The Kier molecular flexibility index (Phi) is 4.75. The third kappa shape index (κ3) is 3.36. The normalized spacial score (nSPS) is 19.8. The van der Waals surface area contributed by atoms with Crippen LogP contribution >= 0.6 is 11.3 Å². The van der Waals surface area contributed by atoms with Crippen molar-refractivity contribution in [2.45, 2.75) is 18.3 Å². The van der Waals surface area contributed by atoms with Crippen molar-refractivity contribution in [3.8, 4) is 0 Å². The fourth-order valence-corrected chi connectivity index (χ4v) is 3.46. The van der Waals surface area contributed by atoms with Gasteiger partial charge in [-0.1, -0.05) is 41.7 Å². The SMILES string of the molecule is CNC(=O)c1nnc(NC(=O)C2(c3ccccc3)CCC(=O)NC2)s1. The molecule has 1 fully saturated rings. The molecule has 2 aromatic rings. The van der Waals surface area contributed by atoms with E-state index in [2.05, 4.69) is 26.1 Å². The smallest absolute Gasteiger partial charge is 0.282 e. The van der Waals surface area contributed by atoms with Crippen molar-refractivity contribution >= 4 is 34.2 Å². The molecule has 3 rings (SSSR count). The topological polar surface area (TPSA) is 113 Å². The predicted molar refractivity (Wildman–Crippen MR) is 92.3 cm³/mol. The maximum Gasteiger partial charge on any atom is 0.282 e. The lowest BCUT2D eigenvalue weighted by molar-refractivity contribution is -0.127. The van der Waals surface area contributed by atoms with E-state index in [1.807, 2.05) is 30.3 Å². The van der Waals surface area contributed by atoms with Crippen LogP contribution in [-0.2, 0) is 15.0 Å². The van der Waals surface area contributed by atoms with Crippen LogP contribution in [0.2, 0.25) is 0 Å². The molecule has 0 saturated carbocycles. The van der Waals surface area contributed by atoms with Crippen LogP contribution in [0.3, 0.4) is 0 Å². The average Bonchev–Trinajstić information content (AvgIpc) is 3.11. The number of nitrogens with one attached hydrogen (secondary N) is 3. The number of amides is 3. The monoisotopic (exact) mass is 359 g/mol. The summed E-state index contributed by atoms with van der Waals surface area (Å²) in [6, 6.07) is 9.32. The van der Waals surface area contributed by atoms with Crippen LogP contribution in [0.1, 0.15) is 28.2 Å². The molecule has 1 aromatic heterocycles. The van der Waals surface area contributed by atoms with Crippen LogP contribution in [0.5, 0.6) is 0 Å². The second-order valence-electron chi connectivity index (χ2n) is 5.67. The highest BCUT2D eigenvalue weighted by atomic mass is 32.1. The van der Waals surface area contributed by atoms with E-state index in [1.54, 1.807) is 0 Å². The van der Waals surface area contributed by atoms with Gasteiger partial charge in [-0.3, -0.25) is 19.7 Å². The lowest BCUT2D eigenvalue weighted by atomic mass is 9.74. The van der Waals surface area contributed by atoms with Gasteiger partial charge in [0.25, 0.3) is 5.91 Å². The summed E-state index contributed by atoms with van der Waals surface area (Å²) in [4.78, 5) is 36.2. The van der Waals surface area contributed by atoms with Crippen LogP contribution in [0, 0.1) is 0 Å². The van der Waals surface area contributed by atoms with E-state index in [4.69, 9.17) is 0 Å². The number of anilines is 1. The Balaban J connectivity index is 1.86. The molecule has 1 aliphatic rings. The van der Waals surface area contributed by atoms with Crippen molar-refractivity contribution in [1.29, 1.82) is 0 Å². The zero-order chi connectivity index (χ0) is 17.9. The zero-order valence-corrected chi connectivity index (χ0v) is 14.4. The minimum absolute atomic E-state index is 0.0721. The lowest BCUT2D eigenvalue weighted by Gasteiger charge is -2.35. The quantitative estimate of drug-likeness (QED) is 0.743. The van der Waals surface area contributed by atoms with Crippen LogP contribution in [-0.4, -0.2) is 41.5 Å². The highest BCUT2D eigenvalue weighted by molar-refractivity contribution is 7.17. The molecule has 9 heteroatoms. The third-order valence-corrected chi connectivity index (χ3v) is 5.03. The van der Waals surface area contributed by atoms with Gasteiger partial charge in [0.15, 0.2) is 0 Å². The standard InChI is InChI=1S/C16H17N5O3S/c1-17-12(23)13-20-21-15(25-13)19-14(24)16(8-7-11(22)18-9-16)10-5-3-2-4-6-10/h2-6H,7-9H2,1H3,(H,17,23)(H,18,22)(H,19,21,24). The van der Waals surface area contributed by atoms with E-state index in [0.717, 1.165) is 16.9 Å². The van der Waals surface area contributed by atoms with Crippen LogP contribution in [0.15, 0.2) is 30.3 Å². The molecule has 1 saturated heterocycles. The Morgan fingerprint density at radius 1 is 1.24 bits per heavy atom. The molecular weight excluding hydrogens is 342 g/mol. The molecule has 0 radical (unpaired) electrons. The number of hydrogen-bond acceptors (Lipinski definition) is 6. The fraction of sp³-hybridized carbons (Fsp3) is 0.312. The largest absolute Gasteiger partial charge is 0.355 e. The fourth-order valence-electron chi connectivity index (χ4n) is 2.77. The summed E-state index contributed by atoms with van der Waals surface area (Å²) in [6.45, 7) is 0.211. The number of piperidine rings is 1. The Bertz CT molecular complexity index is 795. The van der Waals surface area contributed by atoms with E-state index in [9.17, 15) is 14.4 Å². The molecule has 1 aliphatic heterocycles. The summed E-state index contributed by atoms with van der Waals surface area (Å²) in [5.74, 6) is -0.712. The second-order valence-corrected chi connectivity index (χ2v) is 6.65. The zero-order valence-electron chi connectivity index (χ0n) is 13.5. The van der Waals surface area contributed by atoms with E-state index < -0.39 is 5.41 Å². The minimum atomic E-state index is -0.881. The molecule has 0 bridgehead atoms. The Morgan fingerprint density at radius 2 is 2.00 bits per heavy atom. The molecule has 25 heavy (non-hydrogen) atoms. The average molecular weight is 359 g/mol. The van der Waals surface area contributed by atoms with E-state index >= 15 is 0 Å².